The molecule has 0 aliphatic carbocycles. The highest BCUT2D eigenvalue weighted by Crippen LogP contribution is 2.28. The predicted octanol–water partition coefficient (Wildman–Crippen LogP) is 4.89. The van der Waals surface area contributed by atoms with Gasteiger partial charge < -0.3 is 5.32 Å². The van der Waals surface area contributed by atoms with Crippen LogP contribution in [0.25, 0.3) is 11.1 Å². The van der Waals surface area contributed by atoms with E-state index in [1.807, 2.05) is 30.5 Å². The minimum atomic E-state index is 0.0300. The van der Waals surface area contributed by atoms with Crippen LogP contribution in [0.2, 0.25) is 0 Å². The van der Waals surface area contributed by atoms with Gasteiger partial charge in [-0.1, -0.05) is 32.0 Å². The number of nitrogens with one attached hydrogen (secondary N) is 1. The Balaban J connectivity index is 2.28. The number of aryl methyl sites for hydroxylation is 1. The molecule has 112 valence electrons. The number of thiophene rings is 1. The van der Waals surface area contributed by atoms with Gasteiger partial charge >= 0.3 is 0 Å². The van der Waals surface area contributed by atoms with Gasteiger partial charge in [0.25, 0.3) is 5.91 Å². The molecule has 1 atom stereocenters. The Labute approximate surface area is 131 Å². The molecule has 0 saturated heterocycles. The van der Waals surface area contributed by atoms with Gasteiger partial charge in [-0.05, 0) is 59.7 Å². The molecule has 1 aromatic heterocycles. The molecule has 0 radical (unpaired) electrons. The molecule has 1 amide bonds. The number of hydrogen-bond acceptors (Lipinski definition) is 2. The average molecular weight is 301 g/mol. The molecule has 0 fully saturated rings. The van der Waals surface area contributed by atoms with Crippen molar-refractivity contribution >= 4 is 17.2 Å². The van der Waals surface area contributed by atoms with Crippen LogP contribution in [0.15, 0.2) is 35.0 Å². The van der Waals surface area contributed by atoms with E-state index in [1.165, 1.54) is 0 Å². The van der Waals surface area contributed by atoms with Crippen molar-refractivity contribution in [2.24, 2.45) is 5.92 Å². The summed E-state index contributed by atoms with van der Waals surface area (Å²) >= 11 is 1.65. The minimum Gasteiger partial charge on any atom is -0.350 e. The highest BCUT2D eigenvalue weighted by Gasteiger charge is 2.17. The van der Waals surface area contributed by atoms with Crippen molar-refractivity contribution in [2.45, 2.75) is 40.2 Å². The number of benzene rings is 1. The maximum atomic E-state index is 12.7. The van der Waals surface area contributed by atoms with E-state index in [4.69, 9.17) is 0 Å². The summed E-state index contributed by atoms with van der Waals surface area (Å²) in [5, 5.41) is 7.26. The highest BCUT2D eigenvalue weighted by atomic mass is 32.1. The van der Waals surface area contributed by atoms with E-state index < -0.39 is 0 Å². The van der Waals surface area contributed by atoms with E-state index in [0.29, 0.717) is 5.92 Å². The molecule has 0 bridgehead atoms. The summed E-state index contributed by atoms with van der Waals surface area (Å²) in [6.45, 7) is 8.42. The van der Waals surface area contributed by atoms with E-state index in [0.717, 1.165) is 28.7 Å². The number of amides is 1. The van der Waals surface area contributed by atoms with Crippen molar-refractivity contribution in [1.82, 2.24) is 5.32 Å². The summed E-state index contributed by atoms with van der Waals surface area (Å²) in [5.41, 5.74) is 3.95. The van der Waals surface area contributed by atoms with Crippen LogP contribution >= 0.6 is 11.3 Å². The number of carbonyl (C=O) groups is 1. The normalized spacial score (nSPS) is 12.4. The van der Waals surface area contributed by atoms with Crippen LogP contribution in [0.3, 0.4) is 0 Å². The molecule has 0 spiro atoms. The van der Waals surface area contributed by atoms with Gasteiger partial charge in [0.05, 0.1) is 5.56 Å². The third-order valence-electron chi connectivity index (χ3n) is 3.53. The van der Waals surface area contributed by atoms with Gasteiger partial charge in [-0.15, -0.1) is 0 Å². The van der Waals surface area contributed by atoms with Gasteiger partial charge in [0.2, 0.25) is 0 Å². The summed E-state index contributed by atoms with van der Waals surface area (Å²) in [5.74, 6) is 0.607. The summed E-state index contributed by atoms with van der Waals surface area (Å²) < 4.78 is 0. The van der Waals surface area contributed by atoms with E-state index in [1.54, 1.807) is 11.3 Å². The van der Waals surface area contributed by atoms with E-state index >= 15 is 0 Å². The molecule has 0 aliphatic heterocycles. The monoisotopic (exact) mass is 301 g/mol. The zero-order chi connectivity index (χ0) is 15.4. The SMILES string of the molecule is Cc1cccc(-c2ccsc2)c1C(=O)NC(C)CC(C)C. The molecular weight excluding hydrogens is 278 g/mol. The van der Waals surface area contributed by atoms with Crippen LogP contribution < -0.4 is 5.32 Å². The van der Waals surface area contributed by atoms with Gasteiger partial charge in [-0.25, -0.2) is 0 Å². The first-order valence-electron chi connectivity index (χ1n) is 7.42. The Hall–Kier alpha value is -1.61. The Bertz CT molecular complexity index is 602. The molecule has 2 nitrogen and oxygen atoms in total. The fourth-order valence-electron chi connectivity index (χ4n) is 2.69. The van der Waals surface area contributed by atoms with Crippen LogP contribution in [0.5, 0.6) is 0 Å². The number of rotatable bonds is 5. The van der Waals surface area contributed by atoms with E-state index in [-0.39, 0.29) is 11.9 Å². The molecule has 2 aromatic rings. The van der Waals surface area contributed by atoms with Gasteiger partial charge in [0, 0.05) is 6.04 Å². The van der Waals surface area contributed by atoms with Crippen molar-refractivity contribution < 1.29 is 4.79 Å². The lowest BCUT2D eigenvalue weighted by Crippen LogP contribution is -2.34. The Kier molecular flexibility index (Phi) is 5.18. The maximum Gasteiger partial charge on any atom is 0.252 e. The molecule has 1 aromatic carbocycles. The van der Waals surface area contributed by atoms with Crippen LogP contribution in [-0.4, -0.2) is 11.9 Å². The molecule has 0 saturated carbocycles. The van der Waals surface area contributed by atoms with Crippen molar-refractivity contribution in [1.29, 1.82) is 0 Å². The van der Waals surface area contributed by atoms with Crippen molar-refractivity contribution in [2.75, 3.05) is 0 Å². The highest BCUT2D eigenvalue weighted by molar-refractivity contribution is 7.08. The summed E-state index contributed by atoms with van der Waals surface area (Å²) in [6.07, 6.45) is 0.991. The zero-order valence-corrected chi connectivity index (χ0v) is 14.0. The molecule has 0 aliphatic rings. The zero-order valence-electron chi connectivity index (χ0n) is 13.1. The Morgan fingerprint density at radius 1 is 1.24 bits per heavy atom. The quantitative estimate of drug-likeness (QED) is 0.837. The first-order valence-corrected chi connectivity index (χ1v) is 8.36. The van der Waals surface area contributed by atoms with Gasteiger partial charge in [0.15, 0.2) is 0 Å². The minimum absolute atomic E-state index is 0.0300. The fraction of sp³-hybridized carbons (Fsp3) is 0.389. The number of hydrogen-bond donors (Lipinski definition) is 1. The predicted molar refractivity (Wildman–Crippen MR) is 90.9 cm³/mol. The largest absolute Gasteiger partial charge is 0.350 e. The molecule has 21 heavy (non-hydrogen) atoms. The molecule has 2 rings (SSSR count). The van der Waals surface area contributed by atoms with Crippen LogP contribution in [0.4, 0.5) is 0 Å². The Morgan fingerprint density at radius 2 is 2.00 bits per heavy atom. The standard InChI is InChI=1S/C18H23NOS/c1-12(2)10-14(4)19-18(20)17-13(3)6-5-7-16(17)15-8-9-21-11-15/h5-9,11-12,14H,10H2,1-4H3,(H,19,20). The van der Waals surface area contributed by atoms with Gasteiger partial charge in [0.1, 0.15) is 0 Å². The summed E-state index contributed by atoms with van der Waals surface area (Å²) in [4.78, 5) is 12.7. The van der Waals surface area contributed by atoms with Crippen molar-refractivity contribution in [3.05, 3.63) is 46.2 Å². The first-order chi connectivity index (χ1) is 9.99. The third-order valence-corrected chi connectivity index (χ3v) is 4.22. The van der Waals surface area contributed by atoms with Gasteiger partial charge in [-0.3, -0.25) is 4.79 Å². The van der Waals surface area contributed by atoms with Crippen molar-refractivity contribution in [3.63, 3.8) is 0 Å². The lowest BCUT2D eigenvalue weighted by Gasteiger charge is -2.18. The van der Waals surface area contributed by atoms with E-state index in [2.05, 4.69) is 37.5 Å². The van der Waals surface area contributed by atoms with Crippen LogP contribution in [0, 0.1) is 12.8 Å². The van der Waals surface area contributed by atoms with Crippen LogP contribution in [0.1, 0.15) is 43.1 Å². The molecule has 3 heteroatoms. The second kappa shape index (κ2) is 6.90. The van der Waals surface area contributed by atoms with E-state index in [9.17, 15) is 4.79 Å². The van der Waals surface area contributed by atoms with Crippen LogP contribution in [-0.2, 0) is 0 Å². The summed E-state index contributed by atoms with van der Waals surface area (Å²) in [6, 6.07) is 8.28. The molecule has 1 heterocycles. The lowest BCUT2D eigenvalue weighted by atomic mass is 9.96. The number of carbonyl (C=O) groups excluding carboxylic acids is 1. The lowest BCUT2D eigenvalue weighted by molar-refractivity contribution is 0.0936. The maximum absolute atomic E-state index is 12.7. The van der Waals surface area contributed by atoms with Gasteiger partial charge in [-0.2, -0.15) is 11.3 Å². The topological polar surface area (TPSA) is 29.1 Å². The molecule has 1 unspecified atom stereocenters. The summed E-state index contributed by atoms with van der Waals surface area (Å²) in [7, 11) is 0. The molecule has 1 N–H and O–H groups in total. The first kappa shape index (κ1) is 15.8. The Morgan fingerprint density at radius 3 is 2.62 bits per heavy atom. The third kappa shape index (κ3) is 3.94. The smallest absolute Gasteiger partial charge is 0.252 e. The second-order valence-electron chi connectivity index (χ2n) is 6.01. The molecular formula is C18H23NOS. The second-order valence-corrected chi connectivity index (χ2v) is 6.79. The fourth-order valence-corrected chi connectivity index (χ4v) is 3.35. The average Bonchev–Trinajstić information content (AvgIpc) is 2.90. The van der Waals surface area contributed by atoms with Crippen molar-refractivity contribution in [3.8, 4) is 11.1 Å².